The predicted molar refractivity (Wildman–Crippen MR) is 80.5 cm³/mol. The molecule has 0 aliphatic carbocycles. The number of hydrogen-bond donors (Lipinski definition) is 1. The highest BCUT2D eigenvalue weighted by atomic mass is 16.4. The van der Waals surface area contributed by atoms with E-state index in [-0.39, 0.29) is 5.91 Å². The lowest BCUT2D eigenvalue weighted by atomic mass is 10.1. The van der Waals surface area contributed by atoms with Crippen LogP contribution in [-0.4, -0.2) is 29.9 Å². The Balaban J connectivity index is 2.05. The first-order valence-electron chi connectivity index (χ1n) is 6.70. The molecule has 2 heterocycles. The van der Waals surface area contributed by atoms with E-state index in [4.69, 9.17) is 4.42 Å². The van der Waals surface area contributed by atoms with Gasteiger partial charge in [-0.3, -0.25) is 14.7 Å². The Bertz CT molecular complexity index is 807. The lowest BCUT2D eigenvalue weighted by molar-refractivity contribution is -0.124. The molecule has 1 amide bonds. The molecule has 6 nitrogen and oxygen atoms in total. The zero-order valence-corrected chi connectivity index (χ0v) is 11.8. The third-order valence-electron chi connectivity index (χ3n) is 3.53. The quantitative estimate of drug-likeness (QED) is 0.810. The summed E-state index contributed by atoms with van der Waals surface area (Å²) in [4.78, 5) is 29.4. The van der Waals surface area contributed by atoms with Crippen molar-refractivity contribution in [3.8, 4) is 0 Å². The van der Waals surface area contributed by atoms with Gasteiger partial charge < -0.3 is 9.73 Å². The summed E-state index contributed by atoms with van der Waals surface area (Å²) in [6.07, 6.45) is 0. The number of fused-ring (bicyclic) bond motifs is 1. The fourth-order valence-corrected chi connectivity index (χ4v) is 2.42. The van der Waals surface area contributed by atoms with Gasteiger partial charge in [-0.25, -0.2) is 4.79 Å². The molecule has 0 fully saturated rings. The summed E-state index contributed by atoms with van der Waals surface area (Å²) in [5.41, 5.74) is 1.17. The van der Waals surface area contributed by atoms with Crippen molar-refractivity contribution in [2.75, 3.05) is 18.4 Å². The Kier molecular flexibility index (Phi) is 3.21. The van der Waals surface area contributed by atoms with Crippen LogP contribution in [0.2, 0.25) is 0 Å². The molecular formula is C15H15N3O3. The van der Waals surface area contributed by atoms with Crippen LogP contribution in [0.1, 0.15) is 12.5 Å². The Morgan fingerprint density at radius 1 is 1.38 bits per heavy atom. The average molecular weight is 285 g/mol. The largest absolute Gasteiger partial charge is 0.421 e. The summed E-state index contributed by atoms with van der Waals surface area (Å²) in [6, 6.07) is 7.34. The molecule has 21 heavy (non-hydrogen) atoms. The zero-order valence-electron chi connectivity index (χ0n) is 11.8. The maximum atomic E-state index is 12.1. The Labute approximate surface area is 121 Å². The van der Waals surface area contributed by atoms with E-state index in [9.17, 15) is 9.59 Å². The van der Waals surface area contributed by atoms with E-state index in [1.165, 1.54) is 11.8 Å². The smallest absolute Gasteiger partial charge is 0.360 e. The van der Waals surface area contributed by atoms with E-state index in [1.807, 2.05) is 25.1 Å². The van der Waals surface area contributed by atoms with Gasteiger partial charge in [0.2, 0.25) is 11.9 Å². The molecule has 0 atom stereocenters. The molecular weight excluding hydrogens is 270 g/mol. The summed E-state index contributed by atoms with van der Waals surface area (Å²) in [5, 5.41) is 3.80. The van der Waals surface area contributed by atoms with Gasteiger partial charge in [0.25, 0.3) is 0 Å². The fraction of sp³-hybridized carbons (Fsp3) is 0.267. The topological polar surface area (TPSA) is 74.9 Å². The van der Waals surface area contributed by atoms with Gasteiger partial charge >= 0.3 is 5.63 Å². The normalized spacial score (nSPS) is 14.4. The van der Waals surface area contributed by atoms with Crippen molar-refractivity contribution in [2.45, 2.75) is 13.8 Å². The van der Waals surface area contributed by atoms with E-state index in [0.717, 1.165) is 10.9 Å². The van der Waals surface area contributed by atoms with E-state index >= 15 is 0 Å². The minimum absolute atomic E-state index is 0.110. The summed E-state index contributed by atoms with van der Waals surface area (Å²) in [6.45, 7) is 4.36. The van der Waals surface area contributed by atoms with Crippen LogP contribution in [0.25, 0.3) is 11.0 Å². The molecule has 1 aliphatic heterocycles. The van der Waals surface area contributed by atoms with Gasteiger partial charge in [-0.15, -0.1) is 0 Å². The SMILES string of the molecule is CC(=O)N1CCN=C1Nc1c(C)c2ccccc2oc1=O. The molecule has 0 unspecified atom stereocenters. The molecule has 1 N–H and O–H groups in total. The highest BCUT2D eigenvalue weighted by Gasteiger charge is 2.23. The minimum Gasteiger partial charge on any atom is -0.421 e. The molecule has 0 spiro atoms. The lowest BCUT2D eigenvalue weighted by Crippen LogP contribution is -2.37. The number of rotatable bonds is 1. The number of hydrogen-bond acceptors (Lipinski definition) is 5. The van der Waals surface area contributed by atoms with Crippen molar-refractivity contribution >= 4 is 28.5 Å². The van der Waals surface area contributed by atoms with Crippen molar-refractivity contribution in [2.24, 2.45) is 4.99 Å². The monoisotopic (exact) mass is 285 g/mol. The Hall–Kier alpha value is -2.63. The zero-order chi connectivity index (χ0) is 15.0. The van der Waals surface area contributed by atoms with Crippen LogP contribution in [0.5, 0.6) is 0 Å². The Morgan fingerprint density at radius 2 is 2.14 bits per heavy atom. The number of aryl methyl sites for hydroxylation is 1. The maximum absolute atomic E-state index is 12.1. The second-order valence-corrected chi connectivity index (χ2v) is 4.89. The van der Waals surface area contributed by atoms with Crippen LogP contribution in [0.3, 0.4) is 0 Å². The second kappa shape index (κ2) is 5.05. The Morgan fingerprint density at radius 3 is 2.90 bits per heavy atom. The van der Waals surface area contributed by atoms with Crippen molar-refractivity contribution < 1.29 is 9.21 Å². The number of guanidine groups is 1. The number of para-hydroxylation sites is 1. The van der Waals surface area contributed by atoms with Gasteiger partial charge in [-0.2, -0.15) is 0 Å². The van der Waals surface area contributed by atoms with E-state index in [0.29, 0.717) is 30.3 Å². The fourth-order valence-electron chi connectivity index (χ4n) is 2.42. The highest BCUT2D eigenvalue weighted by molar-refractivity contribution is 6.05. The van der Waals surface area contributed by atoms with Crippen LogP contribution in [0, 0.1) is 6.92 Å². The second-order valence-electron chi connectivity index (χ2n) is 4.89. The first-order valence-corrected chi connectivity index (χ1v) is 6.70. The molecule has 1 aliphatic rings. The third kappa shape index (κ3) is 2.29. The van der Waals surface area contributed by atoms with Gasteiger partial charge in [-0.05, 0) is 18.6 Å². The lowest BCUT2D eigenvalue weighted by Gasteiger charge is -2.17. The predicted octanol–water partition coefficient (Wildman–Crippen LogP) is 1.73. The molecule has 2 aromatic rings. The van der Waals surface area contributed by atoms with Gasteiger partial charge in [0.1, 0.15) is 11.3 Å². The van der Waals surface area contributed by atoms with Crippen molar-refractivity contribution in [1.82, 2.24) is 4.90 Å². The molecule has 1 aromatic carbocycles. The number of amides is 1. The highest BCUT2D eigenvalue weighted by Crippen LogP contribution is 2.22. The third-order valence-corrected chi connectivity index (χ3v) is 3.53. The first kappa shape index (κ1) is 13.4. The van der Waals surface area contributed by atoms with Crippen LogP contribution in [-0.2, 0) is 4.79 Å². The van der Waals surface area contributed by atoms with Gasteiger partial charge in [0, 0.05) is 18.9 Å². The van der Waals surface area contributed by atoms with Gasteiger partial charge in [0.05, 0.1) is 6.54 Å². The number of anilines is 1. The van der Waals surface area contributed by atoms with Gasteiger partial charge in [0.15, 0.2) is 0 Å². The number of nitrogens with zero attached hydrogens (tertiary/aromatic N) is 2. The minimum atomic E-state index is -0.468. The van der Waals surface area contributed by atoms with Crippen LogP contribution in [0.15, 0.2) is 38.5 Å². The molecule has 0 bridgehead atoms. The van der Waals surface area contributed by atoms with Gasteiger partial charge in [-0.1, -0.05) is 18.2 Å². The van der Waals surface area contributed by atoms with Crippen molar-refractivity contribution in [3.63, 3.8) is 0 Å². The standard InChI is InChI=1S/C15H15N3O3/c1-9-11-5-3-4-6-12(11)21-14(20)13(9)17-15-16-7-8-18(15)10(2)19/h3-6H,7-8H2,1-2H3,(H,16,17). The van der Waals surface area contributed by atoms with Crippen LogP contribution < -0.4 is 10.9 Å². The van der Waals surface area contributed by atoms with E-state index in [1.54, 1.807) is 6.07 Å². The summed E-state index contributed by atoms with van der Waals surface area (Å²) >= 11 is 0. The first-order chi connectivity index (χ1) is 10.1. The summed E-state index contributed by atoms with van der Waals surface area (Å²) < 4.78 is 5.30. The summed E-state index contributed by atoms with van der Waals surface area (Å²) in [7, 11) is 0. The van der Waals surface area contributed by atoms with Crippen LogP contribution in [0.4, 0.5) is 5.69 Å². The summed E-state index contributed by atoms with van der Waals surface area (Å²) in [5.74, 6) is 0.287. The molecule has 6 heteroatoms. The number of aliphatic imine (C=N–C) groups is 1. The maximum Gasteiger partial charge on any atom is 0.360 e. The number of carbonyl (C=O) groups excluding carboxylic acids is 1. The molecule has 3 rings (SSSR count). The van der Waals surface area contributed by atoms with Crippen molar-refractivity contribution in [1.29, 1.82) is 0 Å². The number of benzene rings is 1. The number of carbonyl (C=O) groups is 1. The molecule has 108 valence electrons. The molecule has 1 aromatic heterocycles. The molecule has 0 radical (unpaired) electrons. The van der Waals surface area contributed by atoms with E-state index in [2.05, 4.69) is 10.3 Å². The molecule has 0 saturated heterocycles. The van der Waals surface area contributed by atoms with E-state index < -0.39 is 5.63 Å². The molecule has 0 saturated carbocycles. The number of nitrogens with one attached hydrogen (secondary N) is 1. The van der Waals surface area contributed by atoms with Crippen LogP contribution >= 0.6 is 0 Å². The van der Waals surface area contributed by atoms with Crippen molar-refractivity contribution in [3.05, 3.63) is 40.2 Å². The average Bonchev–Trinajstić information content (AvgIpc) is 2.92.